The van der Waals surface area contributed by atoms with Gasteiger partial charge in [0, 0.05) is 0 Å². The van der Waals surface area contributed by atoms with Gasteiger partial charge in [-0.05, 0) is 29.7 Å². The Morgan fingerprint density at radius 2 is 1.46 bits per heavy atom. The van der Waals surface area contributed by atoms with Gasteiger partial charge in [0.05, 0.1) is 11.1 Å². The van der Waals surface area contributed by atoms with Crippen molar-refractivity contribution in [3.8, 4) is 0 Å². The lowest BCUT2D eigenvalue weighted by Crippen LogP contribution is -2.38. The lowest BCUT2D eigenvalue weighted by Gasteiger charge is -2.23. The molecule has 0 aliphatic heterocycles. The molecule has 0 fully saturated rings. The van der Waals surface area contributed by atoms with Crippen LogP contribution < -0.4 is 0 Å². The van der Waals surface area contributed by atoms with Crippen LogP contribution in [0.3, 0.4) is 0 Å². The number of rotatable bonds is 5. The van der Waals surface area contributed by atoms with Gasteiger partial charge in [0.25, 0.3) is 0 Å². The molecule has 0 aromatic heterocycles. The quantitative estimate of drug-likeness (QED) is 0.594. The molecule has 2 rings (SSSR count). The Morgan fingerprint density at radius 1 is 0.875 bits per heavy atom. The zero-order chi connectivity index (χ0) is 18.1. The van der Waals surface area contributed by atoms with E-state index in [0.29, 0.717) is 11.1 Å². The van der Waals surface area contributed by atoms with Gasteiger partial charge < -0.3 is 20.4 Å². The van der Waals surface area contributed by atoms with E-state index in [2.05, 4.69) is 0 Å². The van der Waals surface area contributed by atoms with Crippen molar-refractivity contribution in [1.29, 1.82) is 0 Å². The largest absolute Gasteiger partial charge is 0.480 e. The van der Waals surface area contributed by atoms with Crippen LogP contribution in [0.4, 0.5) is 0 Å². The Morgan fingerprint density at radius 3 is 1.88 bits per heavy atom. The number of benzene rings is 1. The molecule has 124 valence electrons. The molecule has 1 aromatic rings. The molecule has 0 atom stereocenters. The molecule has 24 heavy (non-hydrogen) atoms. The molecule has 8 heteroatoms. The second kappa shape index (κ2) is 5.99. The van der Waals surface area contributed by atoms with Crippen molar-refractivity contribution >= 4 is 29.5 Å². The maximum absolute atomic E-state index is 11.2. The van der Waals surface area contributed by atoms with Gasteiger partial charge in [0.1, 0.15) is 0 Å². The first-order chi connectivity index (χ1) is 11.2. The summed E-state index contributed by atoms with van der Waals surface area (Å²) in [5.74, 6) is -5.81. The summed E-state index contributed by atoms with van der Waals surface area (Å²) in [5.41, 5.74) is -2.11. The van der Waals surface area contributed by atoms with E-state index in [9.17, 15) is 19.2 Å². The number of aliphatic carboxylic acids is 2. The average molecular weight is 332 g/mol. The van der Waals surface area contributed by atoms with Gasteiger partial charge in [-0.1, -0.05) is 24.3 Å². The molecule has 0 heterocycles. The fourth-order valence-corrected chi connectivity index (χ4v) is 2.35. The second-order valence-corrected chi connectivity index (χ2v) is 5.15. The molecule has 1 aliphatic rings. The minimum atomic E-state index is -2.07. The molecule has 8 nitrogen and oxygen atoms in total. The maximum Gasteiger partial charge on any atom is 0.336 e. The van der Waals surface area contributed by atoms with Gasteiger partial charge in [-0.15, -0.1) is 0 Å². The number of hydrogen-bond donors (Lipinski definition) is 4. The van der Waals surface area contributed by atoms with Gasteiger partial charge in [0.2, 0.25) is 0 Å². The molecule has 0 spiro atoms. The average Bonchev–Trinajstić information content (AvgIpc) is 2.53. The standard InChI is InChI=1S/C16H12O8/c17-12(18)10-2-1-9(7-11(10)13(19)20)8-3-5-16(6-4-8,14(21)22)15(23)24/h1-5,7H,6H2,(H,17,18)(H,19,20)(H,21,22)(H,23,24). The van der Waals surface area contributed by atoms with Crippen LogP contribution in [0.5, 0.6) is 0 Å². The van der Waals surface area contributed by atoms with E-state index < -0.39 is 34.9 Å². The fourth-order valence-electron chi connectivity index (χ4n) is 2.35. The van der Waals surface area contributed by atoms with Crippen LogP contribution in [0.15, 0.2) is 36.4 Å². The van der Waals surface area contributed by atoms with Crippen molar-refractivity contribution in [2.24, 2.45) is 5.41 Å². The van der Waals surface area contributed by atoms with Gasteiger partial charge in [0.15, 0.2) is 5.41 Å². The fraction of sp³-hybridized carbons (Fsp3) is 0.125. The first kappa shape index (κ1) is 16.9. The molecular weight excluding hydrogens is 320 g/mol. The summed E-state index contributed by atoms with van der Waals surface area (Å²) in [6.07, 6.45) is 3.35. The van der Waals surface area contributed by atoms with E-state index in [1.807, 2.05) is 0 Å². The Balaban J connectivity index is 2.44. The summed E-state index contributed by atoms with van der Waals surface area (Å²) in [6.45, 7) is 0. The zero-order valence-electron chi connectivity index (χ0n) is 12.1. The lowest BCUT2D eigenvalue weighted by molar-refractivity contribution is -0.160. The minimum absolute atomic E-state index is 0.313. The van der Waals surface area contributed by atoms with Crippen LogP contribution in [-0.2, 0) is 9.59 Å². The van der Waals surface area contributed by atoms with Crippen molar-refractivity contribution in [1.82, 2.24) is 0 Å². The Labute approximate surface area is 135 Å². The van der Waals surface area contributed by atoms with E-state index >= 15 is 0 Å². The molecule has 0 saturated heterocycles. The van der Waals surface area contributed by atoms with E-state index in [-0.39, 0.29) is 12.0 Å². The summed E-state index contributed by atoms with van der Waals surface area (Å²) in [6, 6.07) is 3.66. The van der Waals surface area contributed by atoms with Crippen molar-refractivity contribution in [3.05, 3.63) is 53.1 Å². The summed E-state index contributed by atoms with van der Waals surface area (Å²) in [5, 5.41) is 36.3. The molecule has 0 unspecified atom stereocenters. The SMILES string of the molecule is O=C(O)c1ccc(C2=CCC(C(=O)O)(C(=O)O)C=C2)cc1C(=O)O. The van der Waals surface area contributed by atoms with Crippen LogP contribution in [0, 0.1) is 5.41 Å². The van der Waals surface area contributed by atoms with Crippen molar-refractivity contribution in [3.63, 3.8) is 0 Å². The van der Waals surface area contributed by atoms with Gasteiger partial charge in [-0.2, -0.15) is 0 Å². The van der Waals surface area contributed by atoms with Gasteiger partial charge in [-0.25, -0.2) is 9.59 Å². The molecule has 0 radical (unpaired) electrons. The highest BCUT2D eigenvalue weighted by Gasteiger charge is 2.44. The van der Waals surface area contributed by atoms with E-state index in [1.165, 1.54) is 18.2 Å². The van der Waals surface area contributed by atoms with Crippen molar-refractivity contribution in [2.45, 2.75) is 6.42 Å². The second-order valence-electron chi connectivity index (χ2n) is 5.15. The van der Waals surface area contributed by atoms with Gasteiger partial charge >= 0.3 is 23.9 Å². The predicted octanol–water partition coefficient (Wildman–Crippen LogP) is 1.58. The molecular formula is C16H12O8. The van der Waals surface area contributed by atoms with Crippen molar-refractivity contribution in [2.75, 3.05) is 0 Å². The highest BCUT2D eigenvalue weighted by atomic mass is 16.4. The first-order valence-corrected chi connectivity index (χ1v) is 6.66. The molecule has 0 amide bonds. The third-order valence-corrected chi connectivity index (χ3v) is 3.77. The normalized spacial score (nSPS) is 15.4. The highest BCUT2D eigenvalue weighted by Crippen LogP contribution is 2.34. The molecule has 0 saturated carbocycles. The van der Waals surface area contributed by atoms with Crippen LogP contribution in [-0.4, -0.2) is 44.3 Å². The number of aromatic carboxylic acids is 2. The smallest absolute Gasteiger partial charge is 0.336 e. The highest BCUT2D eigenvalue weighted by molar-refractivity contribution is 6.04. The van der Waals surface area contributed by atoms with E-state index in [1.54, 1.807) is 0 Å². The number of hydrogen-bond acceptors (Lipinski definition) is 4. The summed E-state index contributed by atoms with van der Waals surface area (Å²) >= 11 is 0. The Kier molecular flexibility index (Phi) is 4.23. The third-order valence-electron chi connectivity index (χ3n) is 3.77. The summed E-state index contributed by atoms with van der Waals surface area (Å²) in [4.78, 5) is 44.7. The van der Waals surface area contributed by atoms with Crippen LogP contribution in [0.25, 0.3) is 5.57 Å². The first-order valence-electron chi connectivity index (χ1n) is 6.66. The van der Waals surface area contributed by atoms with Crippen LogP contribution in [0.2, 0.25) is 0 Å². The van der Waals surface area contributed by atoms with Crippen LogP contribution >= 0.6 is 0 Å². The zero-order valence-corrected chi connectivity index (χ0v) is 12.1. The third kappa shape index (κ3) is 2.76. The summed E-state index contributed by atoms with van der Waals surface area (Å²) in [7, 11) is 0. The predicted molar refractivity (Wildman–Crippen MR) is 79.8 cm³/mol. The Hall–Kier alpha value is -3.42. The summed E-state index contributed by atoms with van der Waals surface area (Å²) < 4.78 is 0. The van der Waals surface area contributed by atoms with Crippen LogP contribution in [0.1, 0.15) is 32.7 Å². The number of carboxylic acid groups (broad SMARTS) is 4. The molecule has 1 aromatic carbocycles. The minimum Gasteiger partial charge on any atom is -0.480 e. The van der Waals surface area contributed by atoms with Crippen molar-refractivity contribution < 1.29 is 39.6 Å². The lowest BCUT2D eigenvalue weighted by atomic mass is 9.79. The topological polar surface area (TPSA) is 149 Å². The van der Waals surface area contributed by atoms with Gasteiger partial charge in [-0.3, -0.25) is 9.59 Å². The molecule has 0 bridgehead atoms. The number of allylic oxidation sites excluding steroid dienone is 3. The Bertz CT molecular complexity index is 801. The molecule has 4 N–H and O–H groups in total. The monoisotopic (exact) mass is 332 g/mol. The van der Waals surface area contributed by atoms with E-state index in [4.69, 9.17) is 20.4 Å². The van der Waals surface area contributed by atoms with E-state index in [0.717, 1.165) is 18.2 Å². The molecule has 1 aliphatic carbocycles. The number of carboxylic acids is 4. The maximum atomic E-state index is 11.2. The number of carbonyl (C=O) groups is 4.